The van der Waals surface area contributed by atoms with Crippen LogP contribution in [0.2, 0.25) is 0 Å². The molecule has 33 heavy (non-hydrogen) atoms. The number of anilines is 1. The number of thiocarbonyl (C=S) groups is 1. The first-order valence-electron chi connectivity index (χ1n) is 10.9. The van der Waals surface area contributed by atoms with Crippen LogP contribution in [0.4, 0.5) is 5.82 Å². The molecule has 10 heteroatoms. The molecule has 1 atom stereocenters. The predicted octanol–water partition coefficient (Wildman–Crippen LogP) is 3.68. The van der Waals surface area contributed by atoms with E-state index < -0.39 is 10.0 Å². The number of likely N-dealkylation sites (tertiary alicyclic amines) is 1. The average molecular weight is 492 g/mol. The van der Waals surface area contributed by atoms with Crippen LogP contribution < -0.4 is 9.46 Å². The molecule has 0 unspecified atom stereocenters. The molecular weight excluding hydrogens is 462 g/mol. The summed E-state index contributed by atoms with van der Waals surface area (Å²) in [5.41, 5.74) is 0.300. The SMILES string of the molecule is CC(=S)OCC(=O)c1ccc(NS(=O)(=O)c2ccc(O[C@@H](C)CN3CCCCC3)cc2)nc1. The third-order valence-electron chi connectivity index (χ3n) is 5.17. The number of carbonyl (C=O) groups excluding carboxylic acids is 1. The van der Waals surface area contributed by atoms with Gasteiger partial charge in [-0.3, -0.25) is 14.4 Å². The zero-order valence-electron chi connectivity index (χ0n) is 18.8. The third kappa shape index (κ3) is 7.76. The van der Waals surface area contributed by atoms with Gasteiger partial charge in [0.05, 0.1) is 4.90 Å². The van der Waals surface area contributed by atoms with Gasteiger partial charge in [-0.2, -0.15) is 0 Å². The summed E-state index contributed by atoms with van der Waals surface area (Å²) < 4.78 is 38.8. The molecule has 3 rings (SSSR count). The Morgan fingerprint density at radius 3 is 2.45 bits per heavy atom. The van der Waals surface area contributed by atoms with Crippen LogP contribution >= 0.6 is 12.2 Å². The zero-order valence-corrected chi connectivity index (χ0v) is 20.5. The zero-order chi connectivity index (χ0) is 23.8. The van der Waals surface area contributed by atoms with Crippen LogP contribution in [0.25, 0.3) is 0 Å². The van der Waals surface area contributed by atoms with Gasteiger partial charge in [0.25, 0.3) is 10.0 Å². The lowest BCUT2D eigenvalue weighted by Gasteiger charge is -2.29. The number of hydrogen-bond donors (Lipinski definition) is 1. The first-order valence-corrected chi connectivity index (χ1v) is 12.8. The van der Waals surface area contributed by atoms with Gasteiger partial charge in [-0.1, -0.05) is 6.42 Å². The second-order valence-corrected chi connectivity index (χ2v) is 10.3. The number of hydrogen-bond acceptors (Lipinski definition) is 8. The Bertz CT molecular complexity index is 1050. The maximum absolute atomic E-state index is 12.7. The van der Waals surface area contributed by atoms with Gasteiger partial charge in [0, 0.05) is 25.2 Å². The first kappa shape index (κ1) is 25.1. The summed E-state index contributed by atoms with van der Waals surface area (Å²) >= 11 is 4.78. The number of rotatable bonds is 10. The Hall–Kier alpha value is -2.56. The molecule has 8 nitrogen and oxygen atoms in total. The molecule has 0 saturated carbocycles. The van der Waals surface area contributed by atoms with Crippen molar-refractivity contribution >= 4 is 38.9 Å². The number of Topliss-reactive ketones (excluding diaryl/α,β-unsaturated/α-hetero) is 1. The number of pyridine rings is 1. The summed E-state index contributed by atoms with van der Waals surface area (Å²) in [4.78, 5) is 18.5. The van der Waals surface area contributed by atoms with Gasteiger partial charge >= 0.3 is 0 Å². The highest BCUT2D eigenvalue weighted by atomic mass is 32.2. The standard InChI is InChI=1S/C23H29N3O5S2/c1-17(15-26-12-4-3-5-13-26)31-20-7-9-21(10-8-20)33(28,29)25-23-11-6-19(14-24-23)22(27)16-30-18(2)32/h6-11,14,17H,3-5,12-13,15-16H2,1-2H3,(H,24,25)/t17-/m0/s1. The molecule has 0 amide bonds. The van der Waals surface area contributed by atoms with E-state index in [4.69, 9.17) is 21.7 Å². The fraction of sp³-hybridized carbons (Fsp3) is 0.435. The number of ether oxygens (including phenoxy) is 2. The summed E-state index contributed by atoms with van der Waals surface area (Å²) in [5.74, 6) is 0.424. The van der Waals surface area contributed by atoms with E-state index in [1.54, 1.807) is 19.1 Å². The molecule has 1 fully saturated rings. The van der Waals surface area contributed by atoms with Crippen LogP contribution in [0, 0.1) is 0 Å². The topological polar surface area (TPSA) is 97.8 Å². The number of sulfonamides is 1. The second-order valence-electron chi connectivity index (χ2n) is 8.00. The number of aromatic nitrogens is 1. The monoisotopic (exact) mass is 491 g/mol. The smallest absolute Gasteiger partial charge is 0.263 e. The van der Waals surface area contributed by atoms with E-state index in [9.17, 15) is 13.2 Å². The predicted molar refractivity (Wildman–Crippen MR) is 130 cm³/mol. The van der Waals surface area contributed by atoms with E-state index in [2.05, 4.69) is 14.6 Å². The van der Waals surface area contributed by atoms with Crippen molar-refractivity contribution in [3.05, 3.63) is 48.2 Å². The van der Waals surface area contributed by atoms with Crippen LogP contribution in [-0.4, -0.2) is 61.5 Å². The minimum absolute atomic E-state index is 0.00686. The van der Waals surface area contributed by atoms with Crippen LogP contribution in [0.5, 0.6) is 5.75 Å². The minimum atomic E-state index is -3.84. The summed E-state index contributed by atoms with van der Waals surface area (Å²) in [6, 6.07) is 9.19. The highest BCUT2D eigenvalue weighted by Crippen LogP contribution is 2.20. The van der Waals surface area contributed by atoms with Crippen molar-refractivity contribution in [2.24, 2.45) is 0 Å². The number of nitrogens with zero attached hydrogens (tertiary/aromatic N) is 2. The van der Waals surface area contributed by atoms with Gasteiger partial charge < -0.3 is 9.47 Å². The van der Waals surface area contributed by atoms with Crippen molar-refractivity contribution in [3.8, 4) is 5.75 Å². The lowest BCUT2D eigenvalue weighted by atomic mass is 10.1. The van der Waals surface area contributed by atoms with Gasteiger partial charge in [0.1, 0.15) is 17.7 Å². The van der Waals surface area contributed by atoms with Crippen molar-refractivity contribution < 1.29 is 22.7 Å². The number of nitrogens with one attached hydrogen (secondary N) is 1. The molecule has 0 bridgehead atoms. The summed E-state index contributed by atoms with van der Waals surface area (Å²) in [7, 11) is -3.84. The van der Waals surface area contributed by atoms with Crippen molar-refractivity contribution in [1.29, 1.82) is 0 Å². The van der Waals surface area contributed by atoms with E-state index in [0.29, 0.717) is 11.3 Å². The van der Waals surface area contributed by atoms with E-state index in [-0.39, 0.29) is 34.3 Å². The Morgan fingerprint density at radius 1 is 1.15 bits per heavy atom. The molecule has 1 aliphatic rings. The molecule has 1 aromatic heterocycles. The van der Waals surface area contributed by atoms with E-state index in [1.165, 1.54) is 49.7 Å². The van der Waals surface area contributed by atoms with E-state index in [1.807, 2.05) is 6.92 Å². The van der Waals surface area contributed by atoms with Crippen LogP contribution in [-0.2, 0) is 14.8 Å². The molecule has 1 aliphatic heterocycles. The normalized spacial score (nSPS) is 15.5. The number of benzene rings is 1. The molecule has 0 spiro atoms. The Kier molecular flexibility index (Phi) is 8.76. The summed E-state index contributed by atoms with van der Waals surface area (Å²) in [6.07, 6.45) is 5.04. The summed E-state index contributed by atoms with van der Waals surface area (Å²) in [5, 5.41) is 0.272. The van der Waals surface area contributed by atoms with Gasteiger partial charge in [-0.25, -0.2) is 13.4 Å². The number of ketones is 1. The molecule has 1 aromatic carbocycles. The molecule has 1 saturated heterocycles. The molecule has 1 N–H and O–H groups in total. The molecule has 2 aromatic rings. The summed E-state index contributed by atoms with van der Waals surface area (Å²) in [6.45, 7) is 6.45. The second kappa shape index (κ2) is 11.5. The quantitative estimate of drug-likeness (QED) is 0.397. The molecule has 0 radical (unpaired) electrons. The Labute approximate surface area is 200 Å². The van der Waals surface area contributed by atoms with Gasteiger partial charge in [0.2, 0.25) is 5.78 Å². The van der Waals surface area contributed by atoms with Crippen LogP contribution in [0.1, 0.15) is 43.5 Å². The van der Waals surface area contributed by atoms with E-state index >= 15 is 0 Å². The van der Waals surface area contributed by atoms with Crippen molar-refractivity contribution in [2.45, 2.75) is 44.1 Å². The largest absolute Gasteiger partial charge is 0.489 e. The third-order valence-corrected chi connectivity index (χ3v) is 6.65. The highest BCUT2D eigenvalue weighted by Gasteiger charge is 2.17. The lowest BCUT2D eigenvalue weighted by Crippen LogP contribution is -2.37. The molecular formula is C23H29N3O5S2. The molecule has 0 aliphatic carbocycles. The number of carbonyl (C=O) groups is 1. The Balaban J connectivity index is 1.56. The number of piperidine rings is 1. The van der Waals surface area contributed by atoms with Gasteiger partial charge in [-0.05, 0) is 81.5 Å². The van der Waals surface area contributed by atoms with Crippen molar-refractivity contribution in [2.75, 3.05) is 31.0 Å². The first-order chi connectivity index (χ1) is 15.7. The minimum Gasteiger partial charge on any atom is -0.489 e. The average Bonchev–Trinajstić information content (AvgIpc) is 2.78. The van der Waals surface area contributed by atoms with Crippen molar-refractivity contribution in [3.63, 3.8) is 0 Å². The molecule has 2 heterocycles. The Morgan fingerprint density at radius 2 is 1.85 bits per heavy atom. The lowest BCUT2D eigenvalue weighted by molar-refractivity contribution is 0.0915. The maximum Gasteiger partial charge on any atom is 0.263 e. The van der Waals surface area contributed by atoms with Gasteiger partial charge in [-0.15, -0.1) is 0 Å². The maximum atomic E-state index is 12.7. The van der Waals surface area contributed by atoms with Gasteiger partial charge in [0.15, 0.2) is 11.7 Å². The van der Waals surface area contributed by atoms with E-state index in [0.717, 1.165) is 19.6 Å². The highest BCUT2D eigenvalue weighted by molar-refractivity contribution is 7.92. The van der Waals surface area contributed by atoms with Crippen LogP contribution in [0.15, 0.2) is 47.5 Å². The van der Waals surface area contributed by atoms with Crippen LogP contribution in [0.3, 0.4) is 0 Å². The van der Waals surface area contributed by atoms with Crippen molar-refractivity contribution in [1.82, 2.24) is 9.88 Å². The fourth-order valence-corrected chi connectivity index (χ4v) is 4.61. The fourth-order valence-electron chi connectivity index (χ4n) is 3.54. The molecule has 178 valence electrons.